The van der Waals surface area contributed by atoms with Gasteiger partial charge in [-0.25, -0.2) is 9.59 Å². The summed E-state index contributed by atoms with van der Waals surface area (Å²) in [5.41, 5.74) is 4.27. The monoisotopic (exact) mass is 431 g/mol. The molecule has 0 N–H and O–H groups in total. The number of amides is 1. The van der Waals surface area contributed by atoms with Gasteiger partial charge in [0.2, 0.25) is 0 Å². The first-order valence-electron chi connectivity index (χ1n) is 10.0. The molecule has 0 fully saturated rings. The van der Waals surface area contributed by atoms with Crippen LogP contribution in [0.4, 0.5) is 4.79 Å². The maximum Gasteiger partial charge on any atom is 0.412 e. The van der Waals surface area contributed by atoms with E-state index in [1.807, 2.05) is 60.7 Å². The number of hydrogen-bond acceptors (Lipinski definition) is 5. The van der Waals surface area contributed by atoms with Gasteiger partial charge in [0.1, 0.15) is 0 Å². The molecule has 0 saturated heterocycles. The summed E-state index contributed by atoms with van der Waals surface area (Å²) in [5, 5.41) is 0. The van der Waals surface area contributed by atoms with E-state index in [-0.39, 0.29) is 6.54 Å². The van der Waals surface area contributed by atoms with E-state index in [4.69, 9.17) is 9.47 Å². The Labute approximate surface area is 186 Å². The lowest BCUT2D eigenvalue weighted by Gasteiger charge is -2.33. The Hall–Kier alpha value is -3.25. The number of fused-ring (bicyclic) bond motifs is 4. The van der Waals surface area contributed by atoms with Crippen LogP contribution in [0.3, 0.4) is 0 Å². The maximum atomic E-state index is 13.5. The predicted molar refractivity (Wildman–Crippen MR) is 119 cm³/mol. The van der Waals surface area contributed by atoms with Crippen LogP contribution in [0.15, 0.2) is 71.6 Å². The van der Waals surface area contributed by atoms with Crippen LogP contribution < -0.4 is 0 Å². The molecule has 5 nitrogen and oxygen atoms in total. The van der Waals surface area contributed by atoms with Crippen LogP contribution in [0.25, 0.3) is 11.1 Å². The minimum absolute atomic E-state index is 0.240. The lowest BCUT2D eigenvalue weighted by Crippen LogP contribution is -2.49. The molecule has 0 spiro atoms. The van der Waals surface area contributed by atoms with Crippen LogP contribution >= 0.6 is 12.6 Å². The summed E-state index contributed by atoms with van der Waals surface area (Å²) in [6.07, 6.45) is -1.10. The van der Waals surface area contributed by atoms with Gasteiger partial charge < -0.3 is 9.47 Å². The van der Waals surface area contributed by atoms with E-state index in [0.717, 1.165) is 38.3 Å². The topological polar surface area (TPSA) is 55.8 Å². The molecule has 3 aromatic rings. The quantitative estimate of drug-likeness (QED) is 0.454. The summed E-state index contributed by atoms with van der Waals surface area (Å²) in [4.78, 5) is 28.5. The second kappa shape index (κ2) is 7.17. The van der Waals surface area contributed by atoms with Gasteiger partial charge in [-0.1, -0.05) is 54.6 Å². The summed E-state index contributed by atoms with van der Waals surface area (Å²) >= 11 is 4.40. The Morgan fingerprint density at radius 3 is 2.23 bits per heavy atom. The minimum Gasteiger partial charge on any atom is -0.467 e. The van der Waals surface area contributed by atoms with Crippen molar-refractivity contribution in [3.8, 4) is 11.1 Å². The largest absolute Gasteiger partial charge is 0.467 e. The van der Waals surface area contributed by atoms with E-state index in [0.29, 0.717) is 0 Å². The highest BCUT2D eigenvalue weighted by molar-refractivity contribution is 7.80. The molecule has 1 aliphatic carbocycles. The molecular formula is C25H21NO4S. The van der Waals surface area contributed by atoms with Gasteiger partial charge in [0, 0.05) is 16.0 Å². The predicted octanol–water partition coefficient (Wildman–Crippen LogP) is 5.09. The molecule has 156 valence electrons. The zero-order valence-electron chi connectivity index (χ0n) is 17.2. The van der Waals surface area contributed by atoms with Gasteiger partial charge >= 0.3 is 12.1 Å². The van der Waals surface area contributed by atoms with Crippen molar-refractivity contribution in [2.24, 2.45) is 0 Å². The second-order valence-electron chi connectivity index (χ2n) is 7.93. The molecule has 1 amide bonds. The van der Waals surface area contributed by atoms with Crippen molar-refractivity contribution in [3.05, 3.63) is 89.0 Å². The van der Waals surface area contributed by atoms with Gasteiger partial charge in [-0.3, -0.25) is 4.90 Å². The number of rotatable bonds is 2. The van der Waals surface area contributed by atoms with Crippen molar-refractivity contribution in [1.82, 2.24) is 4.90 Å². The minimum atomic E-state index is -1.28. The van der Waals surface area contributed by atoms with Crippen LogP contribution in [0, 0.1) is 0 Å². The Morgan fingerprint density at radius 2 is 1.61 bits per heavy atom. The van der Waals surface area contributed by atoms with E-state index in [2.05, 4.69) is 12.6 Å². The maximum absolute atomic E-state index is 13.5. The average Bonchev–Trinajstić information content (AvgIpc) is 3.26. The third-order valence-electron chi connectivity index (χ3n) is 6.28. The van der Waals surface area contributed by atoms with Gasteiger partial charge in [-0.05, 0) is 41.3 Å². The number of benzene rings is 3. The Balaban J connectivity index is 1.53. The number of esters is 1. The molecule has 0 aromatic heterocycles. The summed E-state index contributed by atoms with van der Waals surface area (Å²) < 4.78 is 11.1. The smallest absolute Gasteiger partial charge is 0.412 e. The van der Waals surface area contributed by atoms with Gasteiger partial charge in [0.15, 0.2) is 11.6 Å². The van der Waals surface area contributed by atoms with E-state index >= 15 is 0 Å². The van der Waals surface area contributed by atoms with Crippen LogP contribution in [0.1, 0.15) is 35.3 Å². The highest BCUT2D eigenvalue weighted by Crippen LogP contribution is 2.47. The number of thiol groups is 1. The summed E-state index contributed by atoms with van der Waals surface area (Å²) in [6, 6.07) is 21.3. The lowest BCUT2D eigenvalue weighted by molar-refractivity contribution is -0.153. The van der Waals surface area contributed by atoms with Crippen molar-refractivity contribution in [2.75, 3.05) is 7.11 Å². The third-order valence-corrected chi connectivity index (χ3v) is 6.56. The van der Waals surface area contributed by atoms with Gasteiger partial charge in [0.25, 0.3) is 0 Å². The second-order valence-corrected chi connectivity index (χ2v) is 8.45. The van der Waals surface area contributed by atoms with Crippen molar-refractivity contribution in [3.63, 3.8) is 0 Å². The van der Waals surface area contributed by atoms with Crippen molar-refractivity contribution >= 4 is 24.7 Å². The van der Waals surface area contributed by atoms with Crippen LogP contribution in [0.5, 0.6) is 0 Å². The van der Waals surface area contributed by atoms with Crippen LogP contribution in [0.2, 0.25) is 0 Å². The first kappa shape index (κ1) is 19.7. The third kappa shape index (κ3) is 2.86. The number of hydrogen-bond donors (Lipinski definition) is 1. The molecule has 31 heavy (non-hydrogen) atoms. The Bertz CT molecular complexity index is 1180. The van der Waals surface area contributed by atoms with Gasteiger partial charge in [-0.15, -0.1) is 12.6 Å². The SMILES string of the molecule is COC(=O)C1(C)c2ccc(S)cc2CN1C(=O)OC1c2ccccc2-c2ccccc21. The molecule has 0 bridgehead atoms. The fourth-order valence-electron chi connectivity index (χ4n) is 4.73. The van der Waals surface area contributed by atoms with E-state index in [1.165, 1.54) is 12.0 Å². The fraction of sp³-hybridized carbons (Fsp3) is 0.200. The highest BCUT2D eigenvalue weighted by Gasteiger charge is 2.52. The zero-order chi connectivity index (χ0) is 21.8. The van der Waals surface area contributed by atoms with Gasteiger partial charge in [-0.2, -0.15) is 0 Å². The molecule has 1 atom stereocenters. The number of methoxy groups -OCH3 is 1. The molecule has 6 heteroatoms. The van der Waals surface area contributed by atoms with Crippen LogP contribution in [-0.2, 0) is 26.4 Å². The van der Waals surface area contributed by atoms with E-state index < -0.39 is 23.7 Å². The number of nitrogens with zero attached hydrogens (tertiary/aromatic N) is 1. The van der Waals surface area contributed by atoms with Crippen molar-refractivity contribution in [1.29, 1.82) is 0 Å². The molecule has 2 aliphatic rings. The molecule has 1 aliphatic heterocycles. The molecule has 1 unspecified atom stereocenters. The number of carbonyl (C=O) groups excluding carboxylic acids is 2. The molecule has 0 radical (unpaired) electrons. The summed E-state index contributed by atoms with van der Waals surface area (Å²) in [7, 11) is 1.32. The van der Waals surface area contributed by atoms with E-state index in [9.17, 15) is 9.59 Å². The molecule has 3 aromatic carbocycles. The molecule has 5 rings (SSSR count). The van der Waals surface area contributed by atoms with Crippen LogP contribution in [-0.4, -0.2) is 24.1 Å². The average molecular weight is 432 g/mol. The molecular weight excluding hydrogens is 410 g/mol. The first-order chi connectivity index (χ1) is 14.9. The van der Waals surface area contributed by atoms with Crippen molar-refractivity contribution < 1.29 is 19.1 Å². The Morgan fingerprint density at radius 1 is 1.00 bits per heavy atom. The summed E-state index contributed by atoms with van der Waals surface area (Å²) in [6.45, 7) is 1.94. The normalized spacial score (nSPS) is 18.9. The number of ether oxygens (including phenoxy) is 2. The lowest BCUT2D eigenvalue weighted by atomic mass is 9.92. The van der Waals surface area contributed by atoms with E-state index in [1.54, 1.807) is 13.0 Å². The number of carbonyl (C=O) groups is 2. The molecule has 1 heterocycles. The molecule has 0 saturated carbocycles. The zero-order valence-corrected chi connectivity index (χ0v) is 18.1. The first-order valence-corrected chi connectivity index (χ1v) is 10.5. The highest BCUT2D eigenvalue weighted by atomic mass is 32.1. The Kier molecular flexibility index (Phi) is 4.55. The van der Waals surface area contributed by atoms with Gasteiger partial charge in [0.05, 0.1) is 13.7 Å². The van der Waals surface area contributed by atoms with Crippen molar-refractivity contribution in [2.45, 2.75) is 30.0 Å². The standard InChI is InChI=1S/C25H21NO4S/c1-25(23(27)29-2)21-12-11-16(31)13-15(21)14-26(25)24(28)30-22-19-9-5-3-7-17(19)18-8-4-6-10-20(18)22/h3-13,22,31H,14H2,1-2H3. The fourth-order valence-corrected chi connectivity index (χ4v) is 4.96. The summed E-state index contributed by atoms with van der Waals surface area (Å²) in [5.74, 6) is -0.512.